The van der Waals surface area contributed by atoms with Crippen molar-refractivity contribution in [2.75, 3.05) is 15.8 Å². The lowest BCUT2D eigenvalue weighted by molar-refractivity contribution is 0.600. The van der Waals surface area contributed by atoms with Crippen molar-refractivity contribution < 1.29 is 8.42 Å². The van der Waals surface area contributed by atoms with E-state index in [-0.39, 0.29) is 22.5 Å². The van der Waals surface area contributed by atoms with Gasteiger partial charge in [0.15, 0.2) is 0 Å². The minimum Gasteiger partial charge on any atom is -0.382 e. The van der Waals surface area contributed by atoms with E-state index in [1.807, 2.05) is 6.07 Å². The van der Waals surface area contributed by atoms with E-state index in [2.05, 4.69) is 20.0 Å². The number of halogens is 1. The van der Waals surface area contributed by atoms with Crippen molar-refractivity contribution in [1.29, 1.82) is 0 Å². The Morgan fingerprint density at radius 1 is 1.04 bits per heavy atom. The molecule has 0 spiro atoms. The zero-order valence-corrected chi connectivity index (χ0v) is 15.1. The van der Waals surface area contributed by atoms with Crippen LogP contribution in [0.4, 0.5) is 23.1 Å². The lowest BCUT2D eigenvalue weighted by Crippen LogP contribution is -2.15. The fourth-order valence-electron chi connectivity index (χ4n) is 2.25. The normalized spacial score (nSPS) is 11.1. The van der Waals surface area contributed by atoms with Gasteiger partial charge in [0.2, 0.25) is 16.0 Å². The highest BCUT2D eigenvalue weighted by Crippen LogP contribution is 2.20. The standard InChI is InChI=1S/C17H16ClN5O2S/c18-15-10-20-17(22-16(15)19)21-14-8-4-5-12(9-14)11-26(24,25)23-13-6-2-1-3-7-13/h1-10,23H,11H2,(H3,19,20,21,22). The molecule has 0 saturated carbocycles. The fraction of sp³-hybridized carbons (Fsp3) is 0.0588. The van der Waals surface area contributed by atoms with Gasteiger partial charge < -0.3 is 11.1 Å². The van der Waals surface area contributed by atoms with Crippen molar-refractivity contribution in [2.24, 2.45) is 0 Å². The van der Waals surface area contributed by atoms with Gasteiger partial charge in [-0.1, -0.05) is 41.9 Å². The number of anilines is 4. The van der Waals surface area contributed by atoms with E-state index in [0.717, 1.165) is 0 Å². The van der Waals surface area contributed by atoms with Crippen LogP contribution in [0.3, 0.4) is 0 Å². The van der Waals surface area contributed by atoms with Gasteiger partial charge in [0.05, 0.1) is 11.9 Å². The van der Waals surface area contributed by atoms with Crippen molar-refractivity contribution in [3.05, 3.63) is 71.4 Å². The Morgan fingerprint density at radius 3 is 2.50 bits per heavy atom. The number of aromatic nitrogens is 2. The molecule has 3 rings (SSSR count). The molecule has 0 bridgehead atoms. The first-order valence-corrected chi connectivity index (χ1v) is 9.64. The maximum absolute atomic E-state index is 12.3. The Morgan fingerprint density at radius 2 is 1.77 bits per heavy atom. The van der Waals surface area contributed by atoms with E-state index in [4.69, 9.17) is 17.3 Å². The van der Waals surface area contributed by atoms with Gasteiger partial charge in [-0.25, -0.2) is 13.4 Å². The lowest BCUT2D eigenvalue weighted by atomic mass is 10.2. The third-order valence-corrected chi connectivity index (χ3v) is 4.91. The SMILES string of the molecule is Nc1nc(Nc2cccc(CS(=O)(=O)Nc3ccccc3)c2)ncc1Cl. The molecule has 0 atom stereocenters. The molecule has 0 amide bonds. The monoisotopic (exact) mass is 389 g/mol. The summed E-state index contributed by atoms with van der Waals surface area (Å²) in [4.78, 5) is 8.05. The number of nitrogens with one attached hydrogen (secondary N) is 2. The average Bonchev–Trinajstić information content (AvgIpc) is 2.58. The van der Waals surface area contributed by atoms with E-state index in [9.17, 15) is 8.42 Å². The molecule has 0 aliphatic carbocycles. The summed E-state index contributed by atoms with van der Waals surface area (Å²) in [5.74, 6) is 0.269. The number of nitrogens with zero attached hydrogens (tertiary/aromatic N) is 2. The van der Waals surface area contributed by atoms with E-state index in [0.29, 0.717) is 16.9 Å². The summed E-state index contributed by atoms with van der Waals surface area (Å²) in [5, 5.41) is 3.24. The summed E-state index contributed by atoms with van der Waals surface area (Å²) in [6.07, 6.45) is 1.39. The molecule has 3 aromatic rings. The molecule has 2 aromatic carbocycles. The molecule has 0 saturated heterocycles. The van der Waals surface area contributed by atoms with Crippen LogP contribution in [0.15, 0.2) is 60.8 Å². The maximum atomic E-state index is 12.3. The zero-order valence-electron chi connectivity index (χ0n) is 13.6. The van der Waals surface area contributed by atoms with Crippen LogP contribution in [-0.2, 0) is 15.8 Å². The fourth-order valence-corrected chi connectivity index (χ4v) is 3.53. The lowest BCUT2D eigenvalue weighted by Gasteiger charge is -2.10. The first-order chi connectivity index (χ1) is 12.4. The topological polar surface area (TPSA) is 110 Å². The van der Waals surface area contributed by atoms with Crippen molar-refractivity contribution in [2.45, 2.75) is 5.75 Å². The quantitative estimate of drug-likeness (QED) is 0.596. The van der Waals surface area contributed by atoms with Gasteiger partial charge in [-0.15, -0.1) is 0 Å². The van der Waals surface area contributed by atoms with Crippen LogP contribution >= 0.6 is 11.6 Å². The molecule has 1 aromatic heterocycles. The second-order valence-corrected chi connectivity index (χ2v) is 7.61. The highest BCUT2D eigenvalue weighted by atomic mass is 35.5. The number of hydrogen-bond acceptors (Lipinski definition) is 6. The molecule has 0 unspecified atom stereocenters. The molecule has 7 nitrogen and oxygen atoms in total. The summed E-state index contributed by atoms with van der Waals surface area (Å²) in [6.45, 7) is 0. The van der Waals surface area contributed by atoms with E-state index in [1.165, 1.54) is 6.20 Å². The Bertz CT molecular complexity index is 1010. The molecule has 1 heterocycles. The molecule has 26 heavy (non-hydrogen) atoms. The van der Waals surface area contributed by atoms with Crippen LogP contribution in [0, 0.1) is 0 Å². The van der Waals surface area contributed by atoms with Crippen LogP contribution in [-0.4, -0.2) is 18.4 Å². The van der Waals surface area contributed by atoms with Gasteiger partial charge in [-0.2, -0.15) is 4.98 Å². The van der Waals surface area contributed by atoms with Gasteiger partial charge in [0.25, 0.3) is 0 Å². The molecular weight excluding hydrogens is 374 g/mol. The number of para-hydroxylation sites is 1. The highest BCUT2D eigenvalue weighted by Gasteiger charge is 2.12. The molecule has 0 aliphatic heterocycles. The van der Waals surface area contributed by atoms with E-state index < -0.39 is 10.0 Å². The zero-order chi connectivity index (χ0) is 18.6. The number of benzene rings is 2. The van der Waals surface area contributed by atoms with Gasteiger partial charge in [0.1, 0.15) is 10.8 Å². The van der Waals surface area contributed by atoms with Crippen LogP contribution in [0.2, 0.25) is 5.02 Å². The Kier molecular flexibility index (Phi) is 5.24. The third-order valence-electron chi connectivity index (χ3n) is 3.36. The molecule has 0 aliphatic rings. The van der Waals surface area contributed by atoms with E-state index in [1.54, 1.807) is 48.5 Å². The summed E-state index contributed by atoms with van der Waals surface area (Å²) in [7, 11) is -3.54. The molecule has 9 heteroatoms. The smallest absolute Gasteiger partial charge is 0.236 e. The van der Waals surface area contributed by atoms with Crippen molar-refractivity contribution in [3.8, 4) is 0 Å². The largest absolute Gasteiger partial charge is 0.382 e. The molecular formula is C17H16ClN5O2S. The average molecular weight is 390 g/mol. The van der Waals surface area contributed by atoms with Gasteiger partial charge in [-0.3, -0.25) is 4.72 Å². The predicted octanol–water partition coefficient (Wildman–Crippen LogP) is 3.40. The maximum Gasteiger partial charge on any atom is 0.236 e. The second kappa shape index (κ2) is 7.59. The number of hydrogen-bond donors (Lipinski definition) is 3. The third kappa shape index (κ3) is 4.84. The molecule has 0 radical (unpaired) electrons. The Balaban J connectivity index is 1.73. The summed E-state index contributed by atoms with van der Waals surface area (Å²) < 4.78 is 27.2. The van der Waals surface area contributed by atoms with Crippen molar-refractivity contribution in [1.82, 2.24) is 9.97 Å². The van der Waals surface area contributed by atoms with E-state index >= 15 is 0 Å². The summed E-state index contributed by atoms with van der Waals surface area (Å²) >= 11 is 5.80. The minimum absolute atomic E-state index is 0.162. The van der Waals surface area contributed by atoms with Gasteiger partial charge >= 0.3 is 0 Å². The van der Waals surface area contributed by atoms with Crippen LogP contribution in [0.5, 0.6) is 0 Å². The summed E-state index contributed by atoms with van der Waals surface area (Å²) in [6, 6.07) is 15.7. The van der Waals surface area contributed by atoms with Crippen LogP contribution in [0.25, 0.3) is 0 Å². The second-order valence-electron chi connectivity index (χ2n) is 5.48. The molecule has 0 fully saturated rings. The van der Waals surface area contributed by atoms with Crippen LogP contribution < -0.4 is 15.8 Å². The summed E-state index contributed by atoms with van der Waals surface area (Å²) in [5.41, 5.74) is 7.42. The highest BCUT2D eigenvalue weighted by molar-refractivity contribution is 7.91. The molecule has 4 N–H and O–H groups in total. The number of nitrogen functional groups attached to an aromatic ring is 1. The van der Waals surface area contributed by atoms with Gasteiger partial charge in [0, 0.05) is 11.4 Å². The number of sulfonamides is 1. The van der Waals surface area contributed by atoms with Crippen molar-refractivity contribution in [3.63, 3.8) is 0 Å². The first-order valence-electron chi connectivity index (χ1n) is 7.61. The number of nitrogens with two attached hydrogens (primary N) is 1. The van der Waals surface area contributed by atoms with Crippen LogP contribution in [0.1, 0.15) is 5.56 Å². The number of rotatable bonds is 6. The predicted molar refractivity (Wildman–Crippen MR) is 104 cm³/mol. The Hall–Kier alpha value is -2.84. The van der Waals surface area contributed by atoms with Crippen molar-refractivity contribution >= 4 is 44.8 Å². The molecule has 134 valence electrons. The minimum atomic E-state index is -3.54. The first kappa shape index (κ1) is 18.0. The Labute approximate surface area is 156 Å². The van der Waals surface area contributed by atoms with Gasteiger partial charge in [-0.05, 0) is 29.8 Å².